The molecule has 0 fully saturated rings. The summed E-state index contributed by atoms with van der Waals surface area (Å²) in [5, 5.41) is 0.339. The molecule has 0 aliphatic heterocycles. The molecule has 0 N–H and O–H groups in total. The molecule has 0 aliphatic carbocycles. The van der Waals surface area contributed by atoms with E-state index in [-0.39, 0.29) is 0 Å². The Morgan fingerprint density at radius 1 is 1.67 bits per heavy atom. The van der Waals surface area contributed by atoms with E-state index in [1.54, 1.807) is 12.1 Å². The van der Waals surface area contributed by atoms with Crippen molar-refractivity contribution in [2.75, 3.05) is 6.61 Å². The van der Waals surface area contributed by atoms with Crippen LogP contribution in [0.25, 0.3) is 4.85 Å². The van der Waals surface area contributed by atoms with Crippen LogP contribution in [0, 0.1) is 6.57 Å². The second kappa shape index (κ2) is 3.93. The fraction of sp³-hybridized carbons (Fsp3) is 0.250. The summed E-state index contributed by atoms with van der Waals surface area (Å²) in [4.78, 5) is 7.10. The molecule has 0 bridgehead atoms. The number of ether oxygens (including phenoxy) is 1. The van der Waals surface area contributed by atoms with Gasteiger partial charge in [-0.25, -0.2) is 9.83 Å². The van der Waals surface area contributed by atoms with Gasteiger partial charge in [0.1, 0.15) is 5.15 Å². The van der Waals surface area contributed by atoms with E-state index in [0.29, 0.717) is 23.3 Å². The van der Waals surface area contributed by atoms with Crippen LogP contribution in [0.5, 0.6) is 5.88 Å². The van der Waals surface area contributed by atoms with Gasteiger partial charge >= 0.3 is 0 Å². The smallest absolute Gasteiger partial charge is 0.247 e. The number of hydrogen-bond donors (Lipinski definition) is 0. The first-order chi connectivity index (χ1) is 5.77. The molecule has 0 unspecified atom stereocenters. The van der Waals surface area contributed by atoms with Crippen LogP contribution in [0.1, 0.15) is 6.92 Å². The van der Waals surface area contributed by atoms with E-state index in [1.165, 1.54) is 0 Å². The van der Waals surface area contributed by atoms with Crippen molar-refractivity contribution in [3.63, 3.8) is 0 Å². The highest BCUT2D eigenvalue weighted by Crippen LogP contribution is 2.26. The van der Waals surface area contributed by atoms with Gasteiger partial charge in [-0.3, -0.25) is 0 Å². The summed E-state index contributed by atoms with van der Waals surface area (Å²) in [7, 11) is 0. The van der Waals surface area contributed by atoms with Crippen molar-refractivity contribution in [1.82, 2.24) is 4.98 Å². The highest BCUT2D eigenvalue weighted by molar-refractivity contribution is 6.29. The lowest BCUT2D eigenvalue weighted by atomic mass is 10.4. The second-order valence-corrected chi connectivity index (χ2v) is 2.39. The third-order valence-electron chi connectivity index (χ3n) is 1.21. The zero-order valence-electron chi connectivity index (χ0n) is 6.54. The maximum absolute atomic E-state index is 6.80. The maximum atomic E-state index is 6.80. The first kappa shape index (κ1) is 8.82. The Labute approximate surface area is 75.8 Å². The average Bonchev–Trinajstić information content (AvgIpc) is 2.05. The molecule has 1 aromatic rings. The van der Waals surface area contributed by atoms with Crippen LogP contribution in [-0.2, 0) is 0 Å². The van der Waals surface area contributed by atoms with Crippen molar-refractivity contribution in [2.24, 2.45) is 0 Å². The highest BCUT2D eigenvalue weighted by Gasteiger charge is 2.04. The molecule has 0 spiro atoms. The number of rotatable bonds is 2. The summed E-state index contributed by atoms with van der Waals surface area (Å²) in [6.45, 7) is 9.11. The van der Waals surface area contributed by atoms with Gasteiger partial charge in [0.15, 0.2) is 0 Å². The fourth-order valence-corrected chi connectivity index (χ4v) is 0.878. The van der Waals surface area contributed by atoms with Crippen LogP contribution in [0.15, 0.2) is 12.1 Å². The summed E-state index contributed by atoms with van der Waals surface area (Å²) in [5.41, 5.74) is 0.390. The third-order valence-corrected chi connectivity index (χ3v) is 1.42. The van der Waals surface area contributed by atoms with E-state index < -0.39 is 0 Å². The zero-order valence-corrected chi connectivity index (χ0v) is 7.30. The first-order valence-electron chi connectivity index (χ1n) is 3.44. The van der Waals surface area contributed by atoms with Gasteiger partial charge < -0.3 is 4.74 Å². The number of halogens is 1. The molecule has 3 nitrogen and oxygen atoms in total. The molecule has 0 radical (unpaired) electrons. The summed E-state index contributed by atoms with van der Waals surface area (Å²) in [6, 6.07) is 3.16. The molecule has 0 saturated carbocycles. The normalized spacial score (nSPS) is 9.08. The van der Waals surface area contributed by atoms with E-state index >= 15 is 0 Å². The summed E-state index contributed by atoms with van der Waals surface area (Å²) >= 11 is 5.62. The Morgan fingerprint density at radius 2 is 2.42 bits per heavy atom. The quantitative estimate of drug-likeness (QED) is 0.519. The van der Waals surface area contributed by atoms with Gasteiger partial charge in [-0.2, -0.15) is 0 Å². The van der Waals surface area contributed by atoms with Crippen LogP contribution in [0.4, 0.5) is 5.69 Å². The highest BCUT2D eigenvalue weighted by atomic mass is 35.5. The first-order valence-corrected chi connectivity index (χ1v) is 3.82. The number of aromatic nitrogens is 1. The predicted molar refractivity (Wildman–Crippen MR) is 46.7 cm³/mol. The minimum Gasteiger partial charge on any atom is -0.487 e. The summed E-state index contributed by atoms with van der Waals surface area (Å²) < 4.78 is 5.10. The molecule has 0 amide bonds. The number of nitrogens with zero attached hydrogens (tertiary/aromatic N) is 2. The van der Waals surface area contributed by atoms with Crippen LogP contribution in [0.3, 0.4) is 0 Å². The SMILES string of the molecule is [C-]#[N+]c1ccc(Cl)nc1OCC. The van der Waals surface area contributed by atoms with Gasteiger partial charge in [0.25, 0.3) is 0 Å². The van der Waals surface area contributed by atoms with Crippen molar-refractivity contribution in [3.8, 4) is 5.88 Å². The molecule has 1 rings (SSSR count). The lowest BCUT2D eigenvalue weighted by molar-refractivity contribution is 0.329. The van der Waals surface area contributed by atoms with Gasteiger partial charge in [0.2, 0.25) is 11.6 Å². The average molecular weight is 183 g/mol. The van der Waals surface area contributed by atoms with E-state index in [2.05, 4.69) is 9.83 Å². The molecule has 4 heteroatoms. The van der Waals surface area contributed by atoms with Gasteiger partial charge in [-0.1, -0.05) is 11.6 Å². The number of pyridine rings is 1. The molecule has 62 valence electrons. The Morgan fingerprint density at radius 3 is 3.00 bits per heavy atom. The van der Waals surface area contributed by atoms with Crippen LogP contribution < -0.4 is 4.74 Å². The van der Waals surface area contributed by atoms with E-state index in [4.69, 9.17) is 22.9 Å². The van der Waals surface area contributed by atoms with Crippen molar-refractivity contribution in [2.45, 2.75) is 6.92 Å². The largest absolute Gasteiger partial charge is 0.487 e. The molecule has 1 aromatic heterocycles. The lowest BCUT2D eigenvalue weighted by Crippen LogP contribution is -1.94. The molecule has 1 heterocycles. The molecule has 0 aromatic carbocycles. The molecule has 0 atom stereocenters. The molecular formula is C8H7ClN2O. The summed E-state index contributed by atoms with van der Waals surface area (Å²) in [6.07, 6.45) is 0. The second-order valence-electron chi connectivity index (χ2n) is 2.00. The fourth-order valence-electron chi connectivity index (χ4n) is 0.739. The topological polar surface area (TPSA) is 26.5 Å². The Hall–Kier alpha value is -1.27. The third kappa shape index (κ3) is 1.86. The van der Waals surface area contributed by atoms with E-state index in [0.717, 1.165) is 0 Å². The monoisotopic (exact) mass is 182 g/mol. The standard InChI is InChI=1S/C8H7ClN2O/c1-3-12-8-6(10-2)4-5-7(9)11-8/h4-5H,3H2,1H3. The Bertz CT molecular complexity index is 319. The Balaban J connectivity index is 3.06. The minimum atomic E-state index is 0.306. The van der Waals surface area contributed by atoms with Crippen molar-refractivity contribution >= 4 is 17.3 Å². The molecular weight excluding hydrogens is 176 g/mol. The lowest BCUT2D eigenvalue weighted by Gasteiger charge is -2.03. The molecule has 0 aliphatic rings. The zero-order chi connectivity index (χ0) is 8.97. The maximum Gasteiger partial charge on any atom is 0.247 e. The van der Waals surface area contributed by atoms with Crippen LogP contribution >= 0.6 is 11.6 Å². The van der Waals surface area contributed by atoms with Gasteiger partial charge in [-0.05, 0) is 19.1 Å². The number of hydrogen-bond acceptors (Lipinski definition) is 2. The van der Waals surface area contributed by atoms with Gasteiger partial charge in [-0.15, -0.1) is 0 Å². The van der Waals surface area contributed by atoms with Gasteiger partial charge in [0.05, 0.1) is 13.2 Å². The minimum absolute atomic E-state index is 0.306. The van der Waals surface area contributed by atoms with Gasteiger partial charge in [0, 0.05) is 0 Å². The van der Waals surface area contributed by atoms with E-state index in [1.807, 2.05) is 6.92 Å². The van der Waals surface area contributed by atoms with Crippen molar-refractivity contribution in [1.29, 1.82) is 0 Å². The van der Waals surface area contributed by atoms with Crippen LogP contribution in [-0.4, -0.2) is 11.6 Å². The molecule has 12 heavy (non-hydrogen) atoms. The summed E-state index contributed by atoms with van der Waals surface area (Å²) in [5.74, 6) is 0.306. The van der Waals surface area contributed by atoms with Crippen molar-refractivity contribution in [3.05, 3.63) is 28.7 Å². The van der Waals surface area contributed by atoms with Crippen molar-refractivity contribution < 1.29 is 4.74 Å². The predicted octanol–water partition coefficient (Wildman–Crippen LogP) is 2.68. The van der Waals surface area contributed by atoms with E-state index in [9.17, 15) is 0 Å². The van der Waals surface area contributed by atoms with Crippen LogP contribution in [0.2, 0.25) is 5.15 Å². The Kier molecular flexibility index (Phi) is 2.89. The molecule has 0 saturated heterocycles.